The van der Waals surface area contributed by atoms with E-state index in [2.05, 4.69) is 29.6 Å². The van der Waals surface area contributed by atoms with E-state index < -0.39 is 0 Å². The normalized spacial score (nSPS) is 23.6. The van der Waals surface area contributed by atoms with Crippen LogP contribution in [-0.4, -0.2) is 19.7 Å². The van der Waals surface area contributed by atoms with Crippen molar-refractivity contribution in [2.24, 2.45) is 5.92 Å². The van der Waals surface area contributed by atoms with Crippen LogP contribution in [0.4, 0.5) is 0 Å². The van der Waals surface area contributed by atoms with E-state index in [1.807, 2.05) is 0 Å². The molecule has 16 heavy (non-hydrogen) atoms. The van der Waals surface area contributed by atoms with Gasteiger partial charge < -0.3 is 10.1 Å². The fourth-order valence-electron chi connectivity index (χ4n) is 2.41. The molecular weight excluding hydrogens is 198 g/mol. The fraction of sp³-hybridized carbons (Fsp3) is 0.571. The first-order valence-electron chi connectivity index (χ1n) is 6.36. The minimum atomic E-state index is 0.642. The largest absolute Gasteiger partial charge is 0.493 e. The molecule has 86 valence electrons. The molecule has 1 atom stereocenters. The molecule has 1 aromatic rings. The SMILES string of the molecule is c1ccc2c(c1)OCCC2CNCC1CC1. The summed E-state index contributed by atoms with van der Waals surface area (Å²) < 4.78 is 5.67. The van der Waals surface area contributed by atoms with Crippen molar-refractivity contribution in [3.63, 3.8) is 0 Å². The Kier molecular flexibility index (Phi) is 2.83. The van der Waals surface area contributed by atoms with Crippen molar-refractivity contribution in [3.8, 4) is 5.75 Å². The molecule has 0 amide bonds. The van der Waals surface area contributed by atoms with Crippen LogP contribution >= 0.6 is 0 Å². The Hall–Kier alpha value is -1.02. The lowest BCUT2D eigenvalue weighted by atomic mass is 9.93. The molecule has 2 aliphatic rings. The number of nitrogens with one attached hydrogen (secondary N) is 1. The molecule has 1 fully saturated rings. The average molecular weight is 217 g/mol. The summed E-state index contributed by atoms with van der Waals surface area (Å²) in [6.07, 6.45) is 4.00. The number of para-hydroxylation sites is 1. The standard InChI is InChI=1S/C14H19NO/c1-2-4-14-13(3-1)12(7-8-16-14)10-15-9-11-5-6-11/h1-4,11-12,15H,5-10H2. The third kappa shape index (κ3) is 2.22. The summed E-state index contributed by atoms with van der Waals surface area (Å²) in [5, 5.41) is 3.60. The maximum atomic E-state index is 5.67. The lowest BCUT2D eigenvalue weighted by Crippen LogP contribution is -2.27. The smallest absolute Gasteiger partial charge is 0.122 e. The molecule has 1 heterocycles. The van der Waals surface area contributed by atoms with Gasteiger partial charge in [0.05, 0.1) is 6.61 Å². The average Bonchev–Trinajstić information content (AvgIpc) is 3.13. The van der Waals surface area contributed by atoms with E-state index in [1.165, 1.54) is 24.9 Å². The van der Waals surface area contributed by atoms with Gasteiger partial charge in [0, 0.05) is 12.5 Å². The first kappa shape index (κ1) is 10.2. The summed E-state index contributed by atoms with van der Waals surface area (Å²) >= 11 is 0. The number of hydrogen-bond acceptors (Lipinski definition) is 2. The third-order valence-corrected chi connectivity index (χ3v) is 3.60. The summed E-state index contributed by atoms with van der Waals surface area (Å²) in [5.41, 5.74) is 1.39. The van der Waals surface area contributed by atoms with E-state index in [0.29, 0.717) is 5.92 Å². The van der Waals surface area contributed by atoms with Crippen molar-refractivity contribution >= 4 is 0 Å². The Morgan fingerprint density at radius 1 is 1.12 bits per heavy atom. The quantitative estimate of drug-likeness (QED) is 0.837. The molecular formula is C14H19NO. The lowest BCUT2D eigenvalue weighted by molar-refractivity contribution is 0.264. The molecule has 1 unspecified atom stereocenters. The molecule has 1 saturated carbocycles. The van der Waals surface area contributed by atoms with Crippen LogP contribution in [-0.2, 0) is 0 Å². The molecule has 2 heteroatoms. The van der Waals surface area contributed by atoms with Crippen LogP contribution in [0.5, 0.6) is 5.75 Å². The van der Waals surface area contributed by atoms with E-state index >= 15 is 0 Å². The van der Waals surface area contributed by atoms with Gasteiger partial charge in [-0.2, -0.15) is 0 Å². The molecule has 0 spiro atoms. The van der Waals surface area contributed by atoms with Gasteiger partial charge in [0.15, 0.2) is 0 Å². The molecule has 0 aromatic heterocycles. The highest BCUT2D eigenvalue weighted by atomic mass is 16.5. The van der Waals surface area contributed by atoms with Crippen LogP contribution in [0.2, 0.25) is 0 Å². The minimum absolute atomic E-state index is 0.642. The van der Waals surface area contributed by atoms with Gasteiger partial charge in [-0.05, 0) is 43.4 Å². The minimum Gasteiger partial charge on any atom is -0.493 e. The predicted molar refractivity (Wildman–Crippen MR) is 64.9 cm³/mol. The van der Waals surface area contributed by atoms with Gasteiger partial charge in [0.2, 0.25) is 0 Å². The zero-order valence-corrected chi connectivity index (χ0v) is 9.61. The van der Waals surface area contributed by atoms with Gasteiger partial charge in [0.25, 0.3) is 0 Å². The van der Waals surface area contributed by atoms with Crippen LogP contribution in [0.3, 0.4) is 0 Å². The molecule has 1 N–H and O–H groups in total. The number of ether oxygens (including phenoxy) is 1. The van der Waals surface area contributed by atoms with Crippen molar-refractivity contribution in [1.29, 1.82) is 0 Å². The summed E-state index contributed by atoms with van der Waals surface area (Å²) in [6, 6.07) is 8.46. The Bertz CT molecular complexity index is 360. The van der Waals surface area contributed by atoms with Crippen LogP contribution in [0.25, 0.3) is 0 Å². The summed E-state index contributed by atoms with van der Waals surface area (Å²) in [7, 11) is 0. The molecule has 1 aromatic carbocycles. The molecule has 3 rings (SSSR count). The van der Waals surface area contributed by atoms with Crippen molar-refractivity contribution in [2.75, 3.05) is 19.7 Å². The number of rotatable bonds is 4. The van der Waals surface area contributed by atoms with Crippen molar-refractivity contribution < 1.29 is 4.74 Å². The second-order valence-electron chi connectivity index (χ2n) is 4.97. The monoisotopic (exact) mass is 217 g/mol. The summed E-state index contributed by atoms with van der Waals surface area (Å²) in [6.45, 7) is 3.18. The van der Waals surface area contributed by atoms with Gasteiger partial charge in [-0.3, -0.25) is 0 Å². The van der Waals surface area contributed by atoms with Gasteiger partial charge in [-0.15, -0.1) is 0 Å². The Morgan fingerprint density at radius 3 is 2.88 bits per heavy atom. The molecule has 1 aliphatic heterocycles. The van der Waals surface area contributed by atoms with E-state index in [-0.39, 0.29) is 0 Å². The van der Waals surface area contributed by atoms with E-state index in [4.69, 9.17) is 4.74 Å². The summed E-state index contributed by atoms with van der Waals surface area (Å²) in [4.78, 5) is 0. The highest BCUT2D eigenvalue weighted by Gasteiger charge is 2.23. The first-order valence-corrected chi connectivity index (χ1v) is 6.36. The Balaban J connectivity index is 1.62. The summed E-state index contributed by atoms with van der Waals surface area (Å²) in [5.74, 6) is 2.70. The molecule has 1 aliphatic carbocycles. The third-order valence-electron chi connectivity index (χ3n) is 3.60. The Labute approximate surface area is 97.0 Å². The maximum Gasteiger partial charge on any atom is 0.122 e. The molecule has 0 saturated heterocycles. The van der Waals surface area contributed by atoms with E-state index in [0.717, 1.165) is 31.2 Å². The fourth-order valence-corrected chi connectivity index (χ4v) is 2.41. The van der Waals surface area contributed by atoms with E-state index in [9.17, 15) is 0 Å². The Morgan fingerprint density at radius 2 is 2.00 bits per heavy atom. The first-order chi connectivity index (χ1) is 7.93. The van der Waals surface area contributed by atoms with Crippen LogP contribution in [0.15, 0.2) is 24.3 Å². The second kappa shape index (κ2) is 4.46. The van der Waals surface area contributed by atoms with E-state index in [1.54, 1.807) is 0 Å². The van der Waals surface area contributed by atoms with Crippen LogP contribution < -0.4 is 10.1 Å². The molecule has 0 bridgehead atoms. The maximum absolute atomic E-state index is 5.67. The predicted octanol–water partition coefficient (Wildman–Crippen LogP) is 2.55. The highest BCUT2D eigenvalue weighted by Crippen LogP contribution is 2.33. The molecule has 2 nitrogen and oxygen atoms in total. The molecule has 0 radical (unpaired) electrons. The van der Waals surface area contributed by atoms with Crippen LogP contribution in [0.1, 0.15) is 30.7 Å². The van der Waals surface area contributed by atoms with Gasteiger partial charge in [-0.1, -0.05) is 18.2 Å². The van der Waals surface area contributed by atoms with Gasteiger partial charge in [0.1, 0.15) is 5.75 Å². The lowest BCUT2D eigenvalue weighted by Gasteiger charge is -2.26. The topological polar surface area (TPSA) is 21.3 Å². The van der Waals surface area contributed by atoms with Gasteiger partial charge >= 0.3 is 0 Å². The van der Waals surface area contributed by atoms with Crippen molar-refractivity contribution in [1.82, 2.24) is 5.32 Å². The number of benzene rings is 1. The number of fused-ring (bicyclic) bond motifs is 1. The zero-order valence-electron chi connectivity index (χ0n) is 9.61. The van der Waals surface area contributed by atoms with Crippen molar-refractivity contribution in [2.45, 2.75) is 25.2 Å². The van der Waals surface area contributed by atoms with Gasteiger partial charge in [-0.25, -0.2) is 0 Å². The highest BCUT2D eigenvalue weighted by molar-refractivity contribution is 5.37. The zero-order chi connectivity index (χ0) is 10.8. The second-order valence-corrected chi connectivity index (χ2v) is 4.97. The van der Waals surface area contributed by atoms with Crippen LogP contribution in [0, 0.1) is 5.92 Å². The number of hydrogen-bond donors (Lipinski definition) is 1. The van der Waals surface area contributed by atoms with Crippen molar-refractivity contribution in [3.05, 3.63) is 29.8 Å².